The maximum atomic E-state index is 12.4. The molecule has 1 atom stereocenters. The summed E-state index contributed by atoms with van der Waals surface area (Å²) in [7, 11) is 0. The van der Waals surface area contributed by atoms with Gasteiger partial charge in [0.2, 0.25) is 5.91 Å². The molecule has 1 aliphatic rings. The lowest BCUT2D eigenvalue weighted by atomic mass is 10.1. The Morgan fingerprint density at radius 2 is 2.00 bits per heavy atom. The second kappa shape index (κ2) is 7.45. The van der Waals surface area contributed by atoms with Gasteiger partial charge in [-0.2, -0.15) is 0 Å². The van der Waals surface area contributed by atoms with Gasteiger partial charge in [0.15, 0.2) is 6.10 Å². The molecular formula is C19H19N3O5. The van der Waals surface area contributed by atoms with Crippen molar-refractivity contribution in [2.45, 2.75) is 26.4 Å². The van der Waals surface area contributed by atoms with E-state index in [1.807, 2.05) is 6.07 Å². The van der Waals surface area contributed by atoms with Crippen LogP contribution in [0.2, 0.25) is 0 Å². The number of amides is 2. The molecule has 1 N–H and O–H groups in total. The van der Waals surface area contributed by atoms with E-state index in [9.17, 15) is 19.7 Å². The summed E-state index contributed by atoms with van der Waals surface area (Å²) in [5.74, 6) is 0.0515. The first-order chi connectivity index (χ1) is 12.9. The summed E-state index contributed by atoms with van der Waals surface area (Å²) < 4.78 is 5.57. The van der Waals surface area contributed by atoms with E-state index in [4.69, 9.17) is 4.74 Å². The Morgan fingerprint density at radius 3 is 2.74 bits per heavy atom. The van der Waals surface area contributed by atoms with Gasteiger partial charge in [0, 0.05) is 19.0 Å². The first kappa shape index (κ1) is 18.4. The summed E-state index contributed by atoms with van der Waals surface area (Å²) in [5.41, 5.74) is 1.34. The van der Waals surface area contributed by atoms with Gasteiger partial charge in [0.25, 0.3) is 11.6 Å². The van der Waals surface area contributed by atoms with Crippen LogP contribution in [0.25, 0.3) is 0 Å². The number of nitrogens with zero attached hydrogens (tertiary/aromatic N) is 2. The van der Waals surface area contributed by atoms with Crippen LogP contribution >= 0.6 is 0 Å². The van der Waals surface area contributed by atoms with E-state index < -0.39 is 11.0 Å². The van der Waals surface area contributed by atoms with Gasteiger partial charge in [-0.25, -0.2) is 0 Å². The average Bonchev–Trinajstić information content (AvgIpc) is 2.63. The Hall–Kier alpha value is -3.42. The molecule has 8 heteroatoms. The SMILES string of the molecule is Cc1c(NC(=O)CCN2C(=O)C(C)Oc3ccccc32)cccc1[N+](=O)[O-]. The molecule has 8 nitrogen and oxygen atoms in total. The van der Waals surface area contributed by atoms with E-state index in [0.717, 1.165) is 0 Å². The Kier molecular flexibility index (Phi) is 5.07. The molecule has 0 aliphatic carbocycles. The minimum atomic E-state index is -0.623. The molecule has 3 rings (SSSR count). The van der Waals surface area contributed by atoms with Crippen LogP contribution in [-0.2, 0) is 9.59 Å². The van der Waals surface area contributed by atoms with Crippen LogP contribution in [-0.4, -0.2) is 29.4 Å². The van der Waals surface area contributed by atoms with Crippen molar-refractivity contribution in [2.75, 3.05) is 16.8 Å². The number of carbonyl (C=O) groups excluding carboxylic acids is 2. The van der Waals surface area contributed by atoms with E-state index in [-0.39, 0.29) is 30.5 Å². The number of benzene rings is 2. The standard InChI is InChI=1S/C19H19N3O5/c1-12-14(6-5-8-15(12)22(25)26)20-18(23)10-11-21-16-7-3-4-9-17(16)27-13(2)19(21)24/h3-9,13H,10-11H2,1-2H3,(H,20,23). The Labute approximate surface area is 155 Å². The van der Waals surface area contributed by atoms with Gasteiger partial charge in [-0.3, -0.25) is 19.7 Å². The van der Waals surface area contributed by atoms with Crippen LogP contribution in [0.15, 0.2) is 42.5 Å². The summed E-state index contributed by atoms with van der Waals surface area (Å²) in [4.78, 5) is 36.8. The molecule has 0 spiro atoms. The monoisotopic (exact) mass is 369 g/mol. The number of ether oxygens (including phenoxy) is 1. The van der Waals surface area contributed by atoms with E-state index in [2.05, 4.69) is 5.32 Å². The zero-order chi connectivity index (χ0) is 19.6. The summed E-state index contributed by atoms with van der Waals surface area (Å²) in [6, 6.07) is 11.7. The minimum Gasteiger partial charge on any atom is -0.479 e. The van der Waals surface area contributed by atoms with Crippen LogP contribution in [0.1, 0.15) is 18.9 Å². The quantitative estimate of drug-likeness (QED) is 0.645. The fourth-order valence-electron chi connectivity index (χ4n) is 2.97. The Balaban J connectivity index is 1.70. The van der Waals surface area contributed by atoms with Gasteiger partial charge in [0.1, 0.15) is 5.75 Å². The van der Waals surface area contributed by atoms with Crippen molar-refractivity contribution in [1.29, 1.82) is 0 Å². The van der Waals surface area contributed by atoms with Crippen LogP contribution in [0.3, 0.4) is 0 Å². The first-order valence-corrected chi connectivity index (χ1v) is 8.49. The molecule has 2 aromatic carbocycles. The fourth-order valence-corrected chi connectivity index (χ4v) is 2.97. The minimum absolute atomic E-state index is 0.0505. The predicted molar refractivity (Wildman–Crippen MR) is 100.0 cm³/mol. The molecule has 2 amide bonds. The molecule has 1 heterocycles. The number of hydrogen-bond donors (Lipinski definition) is 1. The fraction of sp³-hybridized carbons (Fsp3) is 0.263. The summed E-state index contributed by atoms with van der Waals surface area (Å²) >= 11 is 0. The third-order valence-electron chi connectivity index (χ3n) is 4.41. The molecule has 2 aromatic rings. The molecule has 0 radical (unpaired) electrons. The van der Waals surface area contributed by atoms with Crippen molar-refractivity contribution in [3.05, 3.63) is 58.1 Å². The van der Waals surface area contributed by atoms with Crippen molar-refractivity contribution < 1.29 is 19.2 Å². The third-order valence-corrected chi connectivity index (χ3v) is 4.41. The van der Waals surface area contributed by atoms with Crippen LogP contribution in [0, 0.1) is 17.0 Å². The van der Waals surface area contributed by atoms with Gasteiger partial charge in [-0.05, 0) is 32.0 Å². The lowest BCUT2D eigenvalue weighted by Crippen LogP contribution is -2.45. The summed E-state index contributed by atoms with van der Waals surface area (Å²) in [6.45, 7) is 3.43. The van der Waals surface area contributed by atoms with E-state index >= 15 is 0 Å². The lowest BCUT2D eigenvalue weighted by molar-refractivity contribution is -0.385. The van der Waals surface area contributed by atoms with Gasteiger partial charge >= 0.3 is 0 Å². The van der Waals surface area contributed by atoms with E-state index in [1.54, 1.807) is 38.1 Å². The number of anilines is 2. The summed E-state index contributed by atoms with van der Waals surface area (Å²) in [5, 5.41) is 13.7. The number of carbonyl (C=O) groups is 2. The molecule has 0 saturated carbocycles. The normalized spacial score (nSPS) is 15.7. The molecule has 140 valence electrons. The number of rotatable bonds is 5. The van der Waals surface area contributed by atoms with Crippen LogP contribution in [0.5, 0.6) is 5.75 Å². The molecular weight excluding hydrogens is 350 g/mol. The molecule has 1 unspecified atom stereocenters. The zero-order valence-electron chi connectivity index (χ0n) is 15.0. The molecule has 0 fully saturated rings. The smallest absolute Gasteiger partial charge is 0.274 e. The average molecular weight is 369 g/mol. The van der Waals surface area contributed by atoms with Crippen molar-refractivity contribution >= 4 is 28.9 Å². The van der Waals surface area contributed by atoms with Crippen molar-refractivity contribution in [3.8, 4) is 5.75 Å². The molecule has 1 aliphatic heterocycles. The highest BCUT2D eigenvalue weighted by atomic mass is 16.6. The first-order valence-electron chi connectivity index (χ1n) is 8.49. The third kappa shape index (κ3) is 3.74. The number of nitro groups is 1. The highest BCUT2D eigenvalue weighted by Crippen LogP contribution is 2.33. The highest BCUT2D eigenvalue weighted by Gasteiger charge is 2.31. The van der Waals surface area contributed by atoms with Gasteiger partial charge in [0.05, 0.1) is 21.9 Å². The number of nitro benzene ring substituents is 1. The predicted octanol–water partition coefficient (Wildman–Crippen LogP) is 3.05. The topological polar surface area (TPSA) is 102 Å². The second-order valence-electron chi connectivity index (χ2n) is 6.22. The maximum absolute atomic E-state index is 12.4. The van der Waals surface area contributed by atoms with Crippen LogP contribution in [0.4, 0.5) is 17.1 Å². The van der Waals surface area contributed by atoms with Crippen LogP contribution < -0.4 is 15.0 Å². The van der Waals surface area contributed by atoms with Gasteiger partial charge in [-0.15, -0.1) is 0 Å². The number of para-hydroxylation sites is 2. The summed E-state index contributed by atoms with van der Waals surface area (Å²) in [6.07, 6.45) is -0.573. The molecule has 0 aromatic heterocycles. The molecule has 0 bridgehead atoms. The Bertz CT molecular complexity index is 912. The maximum Gasteiger partial charge on any atom is 0.274 e. The molecule has 27 heavy (non-hydrogen) atoms. The number of fused-ring (bicyclic) bond motifs is 1. The molecule has 0 saturated heterocycles. The van der Waals surface area contributed by atoms with Crippen molar-refractivity contribution in [3.63, 3.8) is 0 Å². The van der Waals surface area contributed by atoms with E-state index in [1.165, 1.54) is 17.0 Å². The van der Waals surface area contributed by atoms with Gasteiger partial charge in [-0.1, -0.05) is 18.2 Å². The number of nitrogens with one attached hydrogen (secondary N) is 1. The zero-order valence-corrected chi connectivity index (χ0v) is 15.0. The number of hydrogen-bond acceptors (Lipinski definition) is 5. The second-order valence-corrected chi connectivity index (χ2v) is 6.22. The van der Waals surface area contributed by atoms with Gasteiger partial charge < -0.3 is 15.0 Å². The highest BCUT2D eigenvalue weighted by molar-refractivity contribution is 6.01. The van der Waals surface area contributed by atoms with Crippen molar-refractivity contribution in [2.24, 2.45) is 0 Å². The van der Waals surface area contributed by atoms with E-state index in [0.29, 0.717) is 22.7 Å². The lowest BCUT2D eigenvalue weighted by Gasteiger charge is -2.32. The van der Waals surface area contributed by atoms with Crippen molar-refractivity contribution in [1.82, 2.24) is 0 Å². The Morgan fingerprint density at radius 1 is 1.26 bits per heavy atom. The largest absolute Gasteiger partial charge is 0.479 e.